The van der Waals surface area contributed by atoms with Crippen LogP contribution in [0.4, 0.5) is 0 Å². The van der Waals surface area contributed by atoms with E-state index < -0.39 is 0 Å². The van der Waals surface area contributed by atoms with Crippen LogP contribution >= 0.6 is 0 Å². The minimum absolute atomic E-state index is 0.121. The van der Waals surface area contributed by atoms with Gasteiger partial charge in [-0.25, -0.2) is 0 Å². The summed E-state index contributed by atoms with van der Waals surface area (Å²) in [4.78, 5) is 12.9. The molecule has 0 radical (unpaired) electrons. The lowest BCUT2D eigenvalue weighted by Crippen LogP contribution is -2.32. The van der Waals surface area contributed by atoms with Crippen LogP contribution in [0.2, 0.25) is 0 Å². The summed E-state index contributed by atoms with van der Waals surface area (Å²) in [6.07, 6.45) is 23.0. The molecule has 3 fully saturated rings. The number of esters is 1. The summed E-state index contributed by atoms with van der Waals surface area (Å²) in [5, 5.41) is 0. The zero-order valence-electron chi connectivity index (χ0n) is 22.8. The predicted octanol–water partition coefficient (Wildman–Crippen LogP) is 9.40. The van der Waals surface area contributed by atoms with Gasteiger partial charge in [-0.15, -0.1) is 0 Å². The molecule has 0 heterocycles. The topological polar surface area (TPSA) is 26.3 Å². The highest BCUT2D eigenvalue weighted by Gasteiger charge is 2.34. The predicted molar refractivity (Wildman–Crippen MR) is 147 cm³/mol. The lowest BCUT2D eigenvalue weighted by molar-refractivity contribution is -0.157. The zero-order valence-corrected chi connectivity index (χ0v) is 22.8. The molecule has 0 saturated heterocycles. The Morgan fingerprint density at radius 2 is 1.37 bits per heavy atom. The van der Waals surface area contributed by atoms with E-state index in [0.29, 0.717) is 5.92 Å². The van der Waals surface area contributed by atoms with Crippen molar-refractivity contribution in [1.82, 2.24) is 0 Å². The van der Waals surface area contributed by atoms with E-state index in [1.165, 1.54) is 88.2 Å². The van der Waals surface area contributed by atoms with Gasteiger partial charge < -0.3 is 4.74 Å². The third-order valence-corrected chi connectivity index (χ3v) is 9.83. The molecule has 3 aliphatic rings. The quantitative estimate of drug-likeness (QED) is 0.246. The van der Waals surface area contributed by atoms with Gasteiger partial charge >= 0.3 is 5.97 Å². The molecule has 35 heavy (non-hydrogen) atoms. The van der Waals surface area contributed by atoms with Crippen molar-refractivity contribution < 1.29 is 9.53 Å². The lowest BCUT2D eigenvalue weighted by atomic mass is 9.68. The molecule has 0 N–H and O–H groups in total. The third-order valence-electron chi connectivity index (χ3n) is 9.83. The molecule has 0 aromatic heterocycles. The van der Waals surface area contributed by atoms with Gasteiger partial charge in [0.2, 0.25) is 0 Å². The molecule has 0 amide bonds. The Morgan fingerprint density at radius 3 is 1.97 bits per heavy atom. The molecule has 1 aromatic rings. The summed E-state index contributed by atoms with van der Waals surface area (Å²) >= 11 is 0. The Balaban J connectivity index is 1.13. The maximum absolute atomic E-state index is 12.9. The first-order valence-corrected chi connectivity index (χ1v) is 15.5. The summed E-state index contributed by atoms with van der Waals surface area (Å²) in [5.41, 5.74) is 2.92. The maximum Gasteiger partial charge on any atom is 0.309 e. The van der Waals surface area contributed by atoms with Crippen molar-refractivity contribution in [2.75, 3.05) is 0 Å². The lowest BCUT2D eigenvalue weighted by Gasteiger charge is -2.38. The second kappa shape index (κ2) is 13.8. The fourth-order valence-electron chi connectivity index (χ4n) is 7.48. The first-order valence-electron chi connectivity index (χ1n) is 15.5. The molecule has 2 nitrogen and oxygen atoms in total. The van der Waals surface area contributed by atoms with E-state index in [-0.39, 0.29) is 18.0 Å². The summed E-state index contributed by atoms with van der Waals surface area (Å²) in [6.45, 7) is 4.55. The van der Waals surface area contributed by atoms with E-state index >= 15 is 0 Å². The molecular weight excluding hydrogens is 428 g/mol. The van der Waals surface area contributed by atoms with Crippen LogP contribution in [0.25, 0.3) is 0 Å². The number of unbranched alkanes of at least 4 members (excludes halogenated alkanes) is 2. The molecule has 3 saturated carbocycles. The number of hydrogen-bond donors (Lipinski definition) is 0. The first-order chi connectivity index (χ1) is 17.2. The van der Waals surface area contributed by atoms with E-state index in [0.717, 1.165) is 56.3 Å². The summed E-state index contributed by atoms with van der Waals surface area (Å²) in [6, 6.07) is 9.28. The highest BCUT2D eigenvalue weighted by Crippen LogP contribution is 2.43. The number of hydrogen-bond acceptors (Lipinski definition) is 2. The van der Waals surface area contributed by atoms with Gasteiger partial charge in [-0.1, -0.05) is 83.1 Å². The van der Waals surface area contributed by atoms with Crippen molar-refractivity contribution in [3.8, 4) is 0 Å². The molecule has 0 aliphatic heterocycles. The van der Waals surface area contributed by atoms with E-state index in [1.807, 2.05) is 0 Å². The number of rotatable bonds is 10. The number of ether oxygens (including phenoxy) is 1. The van der Waals surface area contributed by atoms with Gasteiger partial charge in [0, 0.05) is 0 Å². The van der Waals surface area contributed by atoms with Crippen molar-refractivity contribution in [2.24, 2.45) is 23.7 Å². The van der Waals surface area contributed by atoms with Crippen molar-refractivity contribution in [3.63, 3.8) is 0 Å². The van der Waals surface area contributed by atoms with Crippen LogP contribution in [0.5, 0.6) is 0 Å². The molecule has 0 bridgehead atoms. The van der Waals surface area contributed by atoms with E-state index in [4.69, 9.17) is 4.74 Å². The molecule has 2 heteroatoms. The first kappa shape index (κ1) is 26.7. The van der Waals surface area contributed by atoms with E-state index in [9.17, 15) is 4.79 Å². The molecule has 3 aliphatic carbocycles. The standard InChI is InChI=1S/C33H52O2/c1-3-5-6-8-26-11-15-27(16-12-26)29-17-19-31(20-18-29)33(34)35-32-23-21-30(22-24-32)28-13-9-25(7-4-2)10-14-28/h9-10,13-14,26-27,29-32H,3-8,11-12,15-24H2,1-2H3. The van der Waals surface area contributed by atoms with Gasteiger partial charge in [0.05, 0.1) is 5.92 Å². The SMILES string of the molecule is CCCCCC1CCC(C2CCC(C(=O)OC3CCC(c4ccc(CCC)cc4)CC3)CC2)CC1. The number of aryl methyl sites for hydroxylation is 1. The fourth-order valence-corrected chi connectivity index (χ4v) is 7.48. The Labute approximate surface area is 216 Å². The highest BCUT2D eigenvalue weighted by atomic mass is 16.5. The van der Waals surface area contributed by atoms with Crippen LogP contribution in [0, 0.1) is 23.7 Å². The van der Waals surface area contributed by atoms with E-state index in [2.05, 4.69) is 38.1 Å². The average molecular weight is 481 g/mol. The Bertz CT molecular complexity index is 729. The third kappa shape index (κ3) is 7.83. The largest absolute Gasteiger partial charge is 0.462 e. The molecule has 0 atom stereocenters. The minimum Gasteiger partial charge on any atom is -0.462 e. The van der Waals surface area contributed by atoms with Crippen LogP contribution in [0.1, 0.15) is 140 Å². The van der Waals surface area contributed by atoms with Crippen LogP contribution in [0.3, 0.4) is 0 Å². The average Bonchev–Trinajstić information content (AvgIpc) is 2.90. The molecule has 0 unspecified atom stereocenters. The summed E-state index contributed by atoms with van der Waals surface area (Å²) < 4.78 is 6.07. The molecular formula is C33H52O2. The smallest absolute Gasteiger partial charge is 0.309 e. The van der Waals surface area contributed by atoms with E-state index in [1.54, 1.807) is 0 Å². The van der Waals surface area contributed by atoms with Gasteiger partial charge in [-0.05, 0) is 105 Å². The normalized spacial score (nSPS) is 31.7. The summed E-state index contributed by atoms with van der Waals surface area (Å²) in [7, 11) is 0. The molecule has 196 valence electrons. The van der Waals surface area contributed by atoms with Crippen LogP contribution in [0.15, 0.2) is 24.3 Å². The Kier molecular flexibility index (Phi) is 10.6. The van der Waals surface area contributed by atoms with Crippen molar-refractivity contribution in [1.29, 1.82) is 0 Å². The second-order valence-electron chi connectivity index (χ2n) is 12.3. The van der Waals surface area contributed by atoms with Crippen molar-refractivity contribution in [3.05, 3.63) is 35.4 Å². The fraction of sp³-hybridized carbons (Fsp3) is 0.788. The van der Waals surface area contributed by atoms with Crippen LogP contribution in [-0.2, 0) is 16.0 Å². The van der Waals surface area contributed by atoms with Crippen LogP contribution in [-0.4, -0.2) is 12.1 Å². The number of benzene rings is 1. The maximum atomic E-state index is 12.9. The van der Waals surface area contributed by atoms with Crippen molar-refractivity contribution >= 4 is 5.97 Å². The highest BCUT2D eigenvalue weighted by molar-refractivity contribution is 5.72. The van der Waals surface area contributed by atoms with Crippen molar-refractivity contribution in [2.45, 2.75) is 141 Å². The molecule has 1 aromatic carbocycles. The number of carbonyl (C=O) groups excluding carboxylic acids is 1. The van der Waals surface area contributed by atoms with Gasteiger partial charge in [-0.2, -0.15) is 0 Å². The van der Waals surface area contributed by atoms with Gasteiger partial charge in [0.15, 0.2) is 0 Å². The van der Waals surface area contributed by atoms with Gasteiger partial charge in [0.1, 0.15) is 6.10 Å². The van der Waals surface area contributed by atoms with Gasteiger partial charge in [-0.3, -0.25) is 4.79 Å². The zero-order chi connectivity index (χ0) is 24.5. The monoisotopic (exact) mass is 480 g/mol. The molecule has 4 rings (SSSR count). The molecule has 0 spiro atoms. The van der Waals surface area contributed by atoms with Crippen LogP contribution < -0.4 is 0 Å². The minimum atomic E-state index is 0.121. The Morgan fingerprint density at radius 1 is 0.743 bits per heavy atom. The second-order valence-corrected chi connectivity index (χ2v) is 12.3. The summed E-state index contributed by atoms with van der Waals surface area (Å²) in [5.74, 6) is 3.73. The Hall–Kier alpha value is -1.31. The van der Waals surface area contributed by atoms with Gasteiger partial charge in [0.25, 0.3) is 0 Å². The number of carbonyl (C=O) groups is 1.